The summed E-state index contributed by atoms with van der Waals surface area (Å²) >= 11 is 1.55. The van der Waals surface area contributed by atoms with Crippen molar-refractivity contribution in [2.75, 3.05) is 6.26 Å². The van der Waals surface area contributed by atoms with Crippen molar-refractivity contribution in [3.63, 3.8) is 0 Å². The predicted octanol–water partition coefficient (Wildman–Crippen LogP) is 8.03. The maximum Gasteiger partial charge on any atom is 0.416 e. The van der Waals surface area contributed by atoms with Crippen molar-refractivity contribution in [2.24, 2.45) is 0 Å². The molecule has 3 nitrogen and oxygen atoms in total. The van der Waals surface area contributed by atoms with E-state index in [1.165, 1.54) is 0 Å². The summed E-state index contributed by atoms with van der Waals surface area (Å²) in [5, 5.41) is 0. The second-order valence-electron chi connectivity index (χ2n) is 7.40. The third-order valence-electron chi connectivity index (χ3n) is 5.20. The van der Waals surface area contributed by atoms with Gasteiger partial charge in [-0.15, -0.1) is 11.8 Å². The van der Waals surface area contributed by atoms with Gasteiger partial charge < -0.3 is 0 Å². The SMILES string of the molecule is CSc1ccc(S(OS(=O)(=O)c2ccc(C(F)(F)F)cc2)(c2ccccc2)c2ccccc2)cc1. The minimum atomic E-state index is -4.58. The summed E-state index contributed by atoms with van der Waals surface area (Å²) in [6, 6.07) is 28.8. The molecule has 4 aromatic rings. The van der Waals surface area contributed by atoms with Gasteiger partial charge in [-0.1, -0.05) is 36.4 Å². The van der Waals surface area contributed by atoms with Crippen LogP contribution >= 0.6 is 22.1 Å². The summed E-state index contributed by atoms with van der Waals surface area (Å²) < 4.78 is 72.4. The second-order valence-corrected chi connectivity index (χ2v) is 12.7. The van der Waals surface area contributed by atoms with E-state index in [2.05, 4.69) is 0 Å². The van der Waals surface area contributed by atoms with E-state index in [0.29, 0.717) is 14.7 Å². The maximum atomic E-state index is 13.6. The number of hydrogen-bond donors (Lipinski definition) is 0. The fourth-order valence-corrected chi connectivity index (χ4v) is 9.13. The first-order chi connectivity index (χ1) is 16.7. The van der Waals surface area contributed by atoms with E-state index in [-0.39, 0.29) is 4.90 Å². The molecule has 9 heteroatoms. The quantitative estimate of drug-likeness (QED) is 0.225. The first kappa shape index (κ1) is 25.4. The summed E-state index contributed by atoms with van der Waals surface area (Å²) in [6.45, 7) is 0. The minimum absolute atomic E-state index is 0.352. The lowest BCUT2D eigenvalue weighted by atomic mass is 10.2. The van der Waals surface area contributed by atoms with E-state index >= 15 is 0 Å². The smallest absolute Gasteiger partial charge is 0.203 e. The van der Waals surface area contributed by atoms with Crippen LogP contribution < -0.4 is 0 Å². The number of alkyl halides is 3. The summed E-state index contributed by atoms with van der Waals surface area (Å²) in [4.78, 5) is 2.56. The van der Waals surface area contributed by atoms with E-state index in [9.17, 15) is 21.6 Å². The monoisotopic (exact) mass is 534 g/mol. The van der Waals surface area contributed by atoms with Gasteiger partial charge in [0, 0.05) is 19.6 Å². The van der Waals surface area contributed by atoms with Crippen LogP contribution in [-0.2, 0) is 19.9 Å². The van der Waals surface area contributed by atoms with Crippen LogP contribution in [0.25, 0.3) is 0 Å². The molecule has 0 bridgehead atoms. The van der Waals surface area contributed by atoms with Gasteiger partial charge in [0.2, 0.25) is 0 Å². The Morgan fingerprint density at radius 3 is 1.49 bits per heavy atom. The molecular weight excluding hydrogens is 513 g/mol. The van der Waals surface area contributed by atoms with Gasteiger partial charge in [0.05, 0.1) is 10.5 Å². The van der Waals surface area contributed by atoms with Gasteiger partial charge >= 0.3 is 16.3 Å². The molecule has 0 amide bonds. The lowest BCUT2D eigenvalue weighted by molar-refractivity contribution is -0.137. The van der Waals surface area contributed by atoms with Gasteiger partial charge in [0.15, 0.2) is 0 Å². The van der Waals surface area contributed by atoms with Gasteiger partial charge in [-0.25, -0.2) is 3.63 Å². The Morgan fingerprint density at radius 1 is 0.629 bits per heavy atom. The summed E-state index contributed by atoms with van der Waals surface area (Å²) in [5.41, 5.74) is -0.936. The zero-order valence-corrected chi connectivity index (χ0v) is 20.9. The van der Waals surface area contributed by atoms with E-state index in [0.717, 1.165) is 29.2 Å². The van der Waals surface area contributed by atoms with Crippen molar-refractivity contribution in [3.05, 3.63) is 115 Å². The summed E-state index contributed by atoms with van der Waals surface area (Å²) in [6.07, 6.45) is -2.64. The second kappa shape index (κ2) is 10.1. The van der Waals surface area contributed by atoms with Crippen LogP contribution in [0.4, 0.5) is 13.2 Å². The van der Waals surface area contributed by atoms with Crippen LogP contribution in [0.1, 0.15) is 5.56 Å². The van der Waals surface area contributed by atoms with Crippen molar-refractivity contribution < 1.29 is 25.2 Å². The molecule has 182 valence electrons. The molecule has 0 aromatic heterocycles. The van der Waals surface area contributed by atoms with Gasteiger partial charge in [0.1, 0.15) is 0 Å². The first-order valence-corrected chi connectivity index (χ1v) is 14.6. The molecule has 4 rings (SSSR count). The fraction of sp³-hybridized carbons (Fsp3) is 0.0769. The van der Waals surface area contributed by atoms with Crippen molar-refractivity contribution in [1.82, 2.24) is 0 Å². The topological polar surface area (TPSA) is 43.4 Å². The number of halogens is 3. The molecule has 0 saturated heterocycles. The van der Waals surface area contributed by atoms with Crippen LogP contribution in [0.15, 0.2) is 134 Å². The van der Waals surface area contributed by atoms with E-state index < -0.39 is 32.2 Å². The third kappa shape index (κ3) is 5.28. The molecule has 0 spiro atoms. The van der Waals surface area contributed by atoms with Crippen LogP contribution in [0.5, 0.6) is 0 Å². The third-order valence-corrected chi connectivity index (χ3v) is 11.1. The van der Waals surface area contributed by atoms with Crippen molar-refractivity contribution in [1.29, 1.82) is 0 Å². The number of benzene rings is 4. The number of thioether (sulfide) groups is 1. The van der Waals surface area contributed by atoms with Gasteiger partial charge in [0.25, 0.3) is 0 Å². The van der Waals surface area contributed by atoms with Crippen LogP contribution in [-0.4, -0.2) is 14.7 Å². The molecular formula is C26H21F3O3S3. The molecule has 0 radical (unpaired) electrons. The van der Waals surface area contributed by atoms with E-state index in [4.69, 9.17) is 3.63 Å². The molecule has 0 fully saturated rings. The average Bonchev–Trinajstić information content (AvgIpc) is 2.88. The Kier molecular flexibility index (Phi) is 7.32. The molecule has 0 aliphatic rings. The molecule has 0 unspecified atom stereocenters. The fourth-order valence-electron chi connectivity index (χ4n) is 3.50. The highest BCUT2D eigenvalue weighted by molar-refractivity contribution is 8.33. The van der Waals surface area contributed by atoms with Gasteiger partial charge in [-0.2, -0.15) is 21.6 Å². The molecule has 0 heterocycles. The largest absolute Gasteiger partial charge is 0.416 e. The zero-order valence-electron chi connectivity index (χ0n) is 18.5. The highest BCUT2D eigenvalue weighted by atomic mass is 32.3. The van der Waals surface area contributed by atoms with Crippen LogP contribution in [0, 0.1) is 0 Å². The van der Waals surface area contributed by atoms with Crippen molar-refractivity contribution >= 4 is 32.2 Å². The van der Waals surface area contributed by atoms with Gasteiger partial charge in [-0.05, 0) is 89.4 Å². The highest BCUT2D eigenvalue weighted by Gasteiger charge is 2.38. The average molecular weight is 535 g/mol. The van der Waals surface area contributed by atoms with Gasteiger partial charge in [-0.3, -0.25) is 0 Å². The van der Waals surface area contributed by atoms with E-state index in [1.54, 1.807) is 60.3 Å². The minimum Gasteiger partial charge on any atom is -0.203 e. The molecule has 0 aliphatic heterocycles. The Balaban J connectivity index is 1.93. The Morgan fingerprint density at radius 2 is 1.06 bits per heavy atom. The molecule has 35 heavy (non-hydrogen) atoms. The molecule has 0 N–H and O–H groups in total. The molecule has 4 aromatic carbocycles. The summed E-state index contributed by atoms with van der Waals surface area (Å²) in [7, 11) is -7.30. The Hall–Kier alpha value is -2.72. The maximum absolute atomic E-state index is 13.6. The van der Waals surface area contributed by atoms with Crippen LogP contribution in [0.3, 0.4) is 0 Å². The normalized spacial score (nSPS) is 12.9. The highest BCUT2D eigenvalue weighted by Crippen LogP contribution is 2.70. The van der Waals surface area contributed by atoms with E-state index in [1.807, 2.05) is 42.7 Å². The molecule has 0 aliphatic carbocycles. The Labute approximate surface area is 208 Å². The van der Waals surface area contributed by atoms with Crippen molar-refractivity contribution in [2.45, 2.75) is 30.7 Å². The predicted molar refractivity (Wildman–Crippen MR) is 133 cm³/mol. The zero-order chi connectivity index (χ0) is 25.1. The number of hydrogen-bond acceptors (Lipinski definition) is 4. The standard InChI is InChI=1S/C26H21F3O3S3/c1-33-21-14-18-24(19-15-21)34(22-8-4-2-5-9-22,23-10-6-3-7-11-23)32-35(30,31)25-16-12-20(13-17-25)26(27,28)29/h2-19H,1H3. The summed E-state index contributed by atoms with van der Waals surface area (Å²) in [5.74, 6) is 0. The first-order valence-electron chi connectivity index (χ1n) is 10.4. The lowest BCUT2D eigenvalue weighted by Crippen LogP contribution is -2.15. The molecule has 0 saturated carbocycles. The van der Waals surface area contributed by atoms with Crippen molar-refractivity contribution in [3.8, 4) is 0 Å². The van der Waals surface area contributed by atoms with Crippen LogP contribution in [0.2, 0.25) is 0 Å². The molecule has 0 atom stereocenters. The number of rotatable bonds is 7. The Bertz CT molecular complexity index is 1330. The lowest BCUT2D eigenvalue weighted by Gasteiger charge is -2.39.